The van der Waals surface area contributed by atoms with Gasteiger partial charge < -0.3 is 14.6 Å². The molecular weight excluding hydrogens is 218 g/mol. The number of aryl methyl sites for hydroxylation is 1. The van der Waals surface area contributed by atoms with Gasteiger partial charge in [0.15, 0.2) is 0 Å². The van der Waals surface area contributed by atoms with Gasteiger partial charge in [-0.15, -0.1) is 0 Å². The van der Waals surface area contributed by atoms with Crippen molar-refractivity contribution >= 4 is 22.6 Å². The van der Waals surface area contributed by atoms with Gasteiger partial charge in [-0.05, 0) is 13.0 Å². The Bertz CT molecular complexity index is 603. The number of nitrogens with one attached hydrogen (secondary N) is 1. The molecule has 3 rings (SSSR count). The summed E-state index contributed by atoms with van der Waals surface area (Å²) in [7, 11) is 1.77. The lowest BCUT2D eigenvalue weighted by Crippen LogP contribution is -2.25. The van der Waals surface area contributed by atoms with Crippen LogP contribution in [0.15, 0.2) is 12.1 Å². The predicted octanol–water partition coefficient (Wildman–Crippen LogP) is 1.62. The van der Waals surface area contributed by atoms with E-state index in [1.54, 1.807) is 11.9 Å². The summed E-state index contributed by atoms with van der Waals surface area (Å²) >= 11 is 0. The van der Waals surface area contributed by atoms with Crippen molar-refractivity contribution in [3.63, 3.8) is 0 Å². The van der Waals surface area contributed by atoms with Gasteiger partial charge in [-0.1, -0.05) is 0 Å². The minimum absolute atomic E-state index is 0.0688. The van der Waals surface area contributed by atoms with Crippen molar-refractivity contribution in [3.05, 3.63) is 18.0 Å². The zero-order valence-electron chi connectivity index (χ0n) is 9.78. The number of H-pyrrole nitrogens is 1. The number of carbonyl (C=O) groups excluding carboxylic acids is 1. The van der Waals surface area contributed by atoms with Crippen molar-refractivity contribution in [1.29, 1.82) is 0 Å². The molecule has 1 amide bonds. The molecule has 0 atom stereocenters. The Morgan fingerprint density at radius 3 is 3.12 bits per heavy atom. The second-order valence-corrected chi connectivity index (χ2v) is 4.21. The van der Waals surface area contributed by atoms with Crippen LogP contribution in [0.2, 0.25) is 0 Å². The molecule has 1 aromatic carbocycles. The number of benzene rings is 1. The minimum atomic E-state index is 0.0688. The fraction of sp³-hybridized carbons (Fsp3) is 0.333. The van der Waals surface area contributed by atoms with E-state index in [1.807, 2.05) is 19.1 Å². The van der Waals surface area contributed by atoms with Gasteiger partial charge in [-0.2, -0.15) is 0 Å². The number of hydrogen-bond acceptors (Lipinski definition) is 3. The van der Waals surface area contributed by atoms with Gasteiger partial charge in [0.25, 0.3) is 0 Å². The summed E-state index contributed by atoms with van der Waals surface area (Å²) in [5.74, 6) is 1.64. The van der Waals surface area contributed by atoms with Gasteiger partial charge in [-0.3, -0.25) is 4.79 Å². The summed E-state index contributed by atoms with van der Waals surface area (Å²) in [6, 6.07) is 3.79. The maximum absolute atomic E-state index is 11.7. The first kappa shape index (κ1) is 10.1. The zero-order valence-corrected chi connectivity index (χ0v) is 9.78. The summed E-state index contributed by atoms with van der Waals surface area (Å²) in [6.07, 6.45) is 0.408. The van der Waals surface area contributed by atoms with Crippen molar-refractivity contribution in [2.75, 3.05) is 18.6 Å². The number of rotatable bonds is 0. The van der Waals surface area contributed by atoms with E-state index in [9.17, 15) is 4.79 Å². The number of amides is 1. The Morgan fingerprint density at radius 1 is 1.47 bits per heavy atom. The highest BCUT2D eigenvalue weighted by molar-refractivity contribution is 5.97. The van der Waals surface area contributed by atoms with Gasteiger partial charge in [0.05, 0.1) is 29.7 Å². The van der Waals surface area contributed by atoms with Gasteiger partial charge in [0.1, 0.15) is 11.6 Å². The number of hydrogen-bond donors (Lipinski definition) is 1. The summed E-state index contributed by atoms with van der Waals surface area (Å²) < 4.78 is 5.59. The van der Waals surface area contributed by atoms with E-state index in [0.717, 1.165) is 28.3 Å². The lowest BCUT2D eigenvalue weighted by molar-refractivity contribution is -0.118. The van der Waals surface area contributed by atoms with Crippen molar-refractivity contribution < 1.29 is 9.53 Å². The largest absolute Gasteiger partial charge is 0.491 e. The van der Waals surface area contributed by atoms with Gasteiger partial charge in [0, 0.05) is 13.1 Å². The molecule has 1 N–H and O–H groups in total. The van der Waals surface area contributed by atoms with Crippen LogP contribution in [-0.2, 0) is 4.79 Å². The smallest absolute Gasteiger partial charge is 0.230 e. The van der Waals surface area contributed by atoms with Crippen LogP contribution in [0, 0.1) is 6.92 Å². The van der Waals surface area contributed by atoms with Gasteiger partial charge >= 0.3 is 0 Å². The molecule has 0 radical (unpaired) electrons. The lowest BCUT2D eigenvalue weighted by atomic mass is 10.2. The monoisotopic (exact) mass is 231 g/mol. The normalized spacial score (nSPS) is 15.6. The minimum Gasteiger partial charge on any atom is -0.491 e. The third-order valence-corrected chi connectivity index (χ3v) is 2.99. The second-order valence-electron chi connectivity index (χ2n) is 4.21. The van der Waals surface area contributed by atoms with Crippen LogP contribution in [0.1, 0.15) is 12.2 Å². The fourth-order valence-corrected chi connectivity index (χ4v) is 2.08. The first-order chi connectivity index (χ1) is 8.15. The Balaban J connectivity index is 2.23. The number of aromatic nitrogens is 2. The molecule has 0 aliphatic carbocycles. The summed E-state index contributed by atoms with van der Waals surface area (Å²) in [5.41, 5.74) is 2.58. The molecule has 0 fully saturated rings. The Labute approximate surface area is 98.4 Å². The molecule has 1 aromatic heterocycles. The SMILES string of the molecule is Cc1nc2cc3c(cc2[nH]1)N(C)C(=O)CCO3. The summed E-state index contributed by atoms with van der Waals surface area (Å²) in [5, 5.41) is 0. The van der Waals surface area contributed by atoms with E-state index in [2.05, 4.69) is 9.97 Å². The van der Waals surface area contributed by atoms with Gasteiger partial charge in [-0.25, -0.2) is 4.98 Å². The van der Waals surface area contributed by atoms with Crippen molar-refractivity contribution in [2.45, 2.75) is 13.3 Å². The number of ether oxygens (including phenoxy) is 1. The molecule has 88 valence electrons. The summed E-state index contributed by atoms with van der Waals surface area (Å²) in [4.78, 5) is 20.9. The predicted molar refractivity (Wildman–Crippen MR) is 64.4 cm³/mol. The molecule has 0 bridgehead atoms. The third-order valence-electron chi connectivity index (χ3n) is 2.99. The highest BCUT2D eigenvalue weighted by atomic mass is 16.5. The van der Waals surface area contributed by atoms with E-state index in [1.165, 1.54) is 0 Å². The average Bonchev–Trinajstić information content (AvgIpc) is 2.59. The average molecular weight is 231 g/mol. The Morgan fingerprint density at radius 2 is 2.29 bits per heavy atom. The summed E-state index contributed by atoms with van der Waals surface area (Å²) in [6.45, 7) is 2.33. The molecule has 1 aliphatic heterocycles. The van der Waals surface area contributed by atoms with E-state index in [4.69, 9.17) is 4.74 Å². The molecule has 2 heterocycles. The van der Waals surface area contributed by atoms with Gasteiger partial charge in [0.2, 0.25) is 5.91 Å². The molecule has 0 saturated carbocycles. The van der Waals surface area contributed by atoms with Crippen LogP contribution < -0.4 is 9.64 Å². The molecule has 0 saturated heterocycles. The Kier molecular flexibility index (Phi) is 2.07. The molecule has 17 heavy (non-hydrogen) atoms. The van der Waals surface area contributed by atoms with Crippen LogP contribution in [-0.4, -0.2) is 29.5 Å². The third kappa shape index (κ3) is 1.54. The highest BCUT2D eigenvalue weighted by Crippen LogP contribution is 2.33. The standard InChI is InChI=1S/C12H13N3O2/c1-7-13-8-5-10-11(6-9(8)14-7)17-4-3-12(16)15(10)2/h5-6H,3-4H2,1-2H3,(H,13,14). The molecule has 2 aromatic rings. The van der Waals surface area contributed by atoms with Crippen molar-refractivity contribution in [2.24, 2.45) is 0 Å². The molecule has 1 aliphatic rings. The number of imidazole rings is 1. The lowest BCUT2D eigenvalue weighted by Gasteiger charge is -2.15. The van der Waals surface area contributed by atoms with Crippen LogP contribution in [0.3, 0.4) is 0 Å². The van der Waals surface area contributed by atoms with Crippen LogP contribution in [0.5, 0.6) is 5.75 Å². The number of carbonyl (C=O) groups is 1. The quantitative estimate of drug-likeness (QED) is 0.749. The van der Waals surface area contributed by atoms with Crippen LogP contribution >= 0.6 is 0 Å². The fourth-order valence-electron chi connectivity index (χ4n) is 2.08. The molecule has 5 heteroatoms. The molecular formula is C12H13N3O2. The number of fused-ring (bicyclic) bond motifs is 2. The Hall–Kier alpha value is -2.04. The van der Waals surface area contributed by atoms with E-state index < -0.39 is 0 Å². The zero-order chi connectivity index (χ0) is 12.0. The first-order valence-corrected chi connectivity index (χ1v) is 5.55. The first-order valence-electron chi connectivity index (χ1n) is 5.55. The topological polar surface area (TPSA) is 58.2 Å². The van der Waals surface area contributed by atoms with E-state index >= 15 is 0 Å². The van der Waals surface area contributed by atoms with E-state index in [-0.39, 0.29) is 5.91 Å². The number of aromatic amines is 1. The van der Waals surface area contributed by atoms with Crippen molar-refractivity contribution in [1.82, 2.24) is 9.97 Å². The maximum Gasteiger partial charge on any atom is 0.230 e. The molecule has 5 nitrogen and oxygen atoms in total. The molecule has 0 spiro atoms. The van der Waals surface area contributed by atoms with E-state index in [0.29, 0.717) is 13.0 Å². The second kappa shape index (κ2) is 3.48. The molecule has 0 unspecified atom stereocenters. The number of anilines is 1. The maximum atomic E-state index is 11.7. The highest BCUT2D eigenvalue weighted by Gasteiger charge is 2.21. The number of nitrogens with zero attached hydrogens (tertiary/aromatic N) is 2. The van der Waals surface area contributed by atoms with Crippen LogP contribution in [0.4, 0.5) is 5.69 Å². The van der Waals surface area contributed by atoms with Crippen LogP contribution in [0.25, 0.3) is 11.0 Å². The van der Waals surface area contributed by atoms with Crippen molar-refractivity contribution in [3.8, 4) is 5.75 Å².